The highest BCUT2D eigenvalue weighted by Crippen LogP contribution is 2.34. The van der Waals surface area contributed by atoms with Gasteiger partial charge in [-0.3, -0.25) is 4.79 Å². The maximum Gasteiger partial charge on any atom is 0.227 e. The molecule has 0 saturated carbocycles. The first-order valence-corrected chi connectivity index (χ1v) is 10.9. The van der Waals surface area contributed by atoms with Gasteiger partial charge in [0.1, 0.15) is 5.82 Å². The summed E-state index contributed by atoms with van der Waals surface area (Å²) in [6.45, 7) is 8.10. The summed E-state index contributed by atoms with van der Waals surface area (Å²) in [5.41, 5.74) is 5.63. The summed E-state index contributed by atoms with van der Waals surface area (Å²) in [5.74, 6) is 1.41. The maximum absolute atomic E-state index is 12.9. The Bertz CT molecular complexity index is 1000. The first-order valence-electron chi connectivity index (χ1n) is 10.9. The Hall–Kier alpha value is -2.62. The quantitative estimate of drug-likeness (QED) is 0.482. The third-order valence-electron chi connectivity index (χ3n) is 5.93. The van der Waals surface area contributed by atoms with Crippen LogP contribution in [0, 0.1) is 13.8 Å². The molecule has 0 N–H and O–H groups in total. The van der Waals surface area contributed by atoms with E-state index in [4.69, 9.17) is 4.98 Å². The second kappa shape index (κ2) is 8.40. The molecule has 0 spiro atoms. The van der Waals surface area contributed by atoms with Crippen molar-refractivity contribution < 1.29 is 4.79 Å². The van der Waals surface area contributed by atoms with Crippen molar-refractivity contribution in [2.24, 2.45) is 0 Å². The Morgan fingerprint density at radius 2 is 1.79 bits per heavy atom. The predicted octanol–water partition coefficient (Wildman–Crippen LogP) is 5.75. The number of nitrogens with zero attached hydrogens (tertiary/aromatic N) is 3. The van der Waals surface area contributed by atoms with Crippen molar-refractivity contribution >= 4 is 22.6 Å². The lowest BCUT2D eigenvalue weighted by atomic mass is 10.1. The molecule has 1 aliphatic heterocycles. The summed E-state index contributed by atoms with van der Waals surface area (Å²) in [6, 6.07) is 14.7. The van der Waals surface area contributed by atoms with Crippen LogP contribution in [0.4, 0.5) is 5.69 Å². The van der Waals surface area contributed by atoms with Gasteiger partial charge in [0, 0.05) is 31.1 Å². The average molecular weight is 390 g/mol. The Morgan fingerprint density at radius 1 is 1.03 bits per heavy atom. The largest absolute Gasteiger partial charge is 0.328 e. The van der Waals surface area contributed by atoms with Crippen molar-refractivity contribution in [1.29, 1.82) is 0 Å². The van der Waals surface area contributed by atoms with Crippen LogP contribution in [-0.4, -0.2) is 22.0 Å². The number of aromatic nitrogens is 2. The van der Waals surface area contributed by atoms with Crippen molar-refractivity contribution in [3.8, 4) is 0 Å². The zero-order valence-electron chi connectivity index (χ0n) is 17.8. The van der Waals surface area contributed by atoms with Gasteiger partial charge in [-0.1, -0.05) is 44.4 Å². The molecule has 1 aliphatic rings. The Balaban J connectivity index is 1.63. The highest BCUT2D eigenvalue weighted by Gasteiger charge is 2.34. The van der Waals surface area contributed by atoms with Crippen LogP contribution in [0.2, 0.25) is 0 Å². The van der Waals surface area contributed by atoms with E-state index in [-0.39, 0.29) is 11.8 Å². The molecule has 1 amide bonds. The van der Waals surface area contributed by atoms with Gasteiger partial charge < -0.3 is 9.47 Å². The Kier molecular flexibility index (Phi) is 5.70. The van der Waals surface area contributed by atoms with Gasteiger partial charge >= 0.3 is 0 Å². The lowest BCUT2D eigenvalue weighted by molar-refractivity contribution is -0.117. The van der Waals surface area contributed by atoms with E-state index in [1.54, 1.807) is 0 Å². The van der Waals surface area contributed by atoms with E-state index < -0.39 is 0 Å². The molecule has 29 heavy (non-hydrogen) atoms. The molecule has 3 aromatic rings. The minimum Gasteiger partial charge on any atom is -0.328 e. The highest BCUT2D eigenvalue weighted by atomic mass is 16.2. The number of fused-ring (bicyclic) bond motifs is 1. The number of aryl methyl sites for hydroxylation is 3. The van der Waals surface area contributed by atoms with Gasteiger partial charge in [0.25, 0.3) is 0 Å². The zero-order chi connectivity index (χ0) is 20.4. The van der Waals surface area contributed by atoms with Crippen molar-refractivity contribution in [2.45, 2.75) is 65.3 Å². The minimum absolute atomic E-state index is 0.141. The summed E-state index contributed by atoms with van der Waals surface area (Å²) < 4.78 is 2.37. The number of benzene rings is 2. The van der Waals surface area contributed by atoms with E-state index in [9.17, 15) is 4.79 Å². The summed E-state index contributed by atoms with van der Waals surface area (Å²) >= 11 is 0. The van der Waals surface area contributed by atoms with E-state index in [2.05, 4.69) is 61.7 Å². The van der Waals surface area contributed by atoms with E-state index in [0.29, 0.717) is 13.0 Å². The zero-order valence-corrected chi connectivity index (χ0v) is 17.8. The number of hydrogen-bond acceptors (Lipinski definition) is 2. The van der Waals surface area contributed by atoms with Crippen LogP contribution >= 0.6 is 0 Å². The molecule has 1 atom stereocenters. The Labute approximate surface area is 173 Å². The van der Waals surface area contributed by atoms with Gasteiger partial charge in [-0.05, 0) is 55.7 Å². The Morgan fingerprint density at radius 3 is 2.55 bits per heavy atom. The molecule has 0 radical (unpaired) electrons. The third kappa shape index (κ3) is 4.07. The number of para-hydroxylation sites is 2. The number of rotatable bonds is 7. The van der Waals surface area contributed by atoms with Crippen LogP contribution < -0.4 is 4.90 Å². The van der Waals surface area contributed by atoms with Crippen LogP contribution in [0.1, 0.15) is 61.9 Å². The number of imidazole rings is 1. The number of unbranched alkanes of at least 4 members (excludes halogenated alkanes) is 3. The summed E-state index contributed by atoms with van der Waals surface area (Å²) in [5, 5.41) is 0. The van der Waals surface area contributed by atoms with Gasteiger partial charge in [-0.25, -0.2) is 4.98 Å². The first kappa shape index (κ1) is 19.7. The molecule has 2 heterocycles. The second-order valence-electron chi connectivity index (χ2n) is 8.42. The minimum atomic E-state index is 0.141. The first-order chi connectivity index (χ1) is 14.1. The van der Waals surface area contributed by atoms with Gasteiger partial charge in [-0.2, -0.15) is 0 Å². The van der Waals surface area contributed by atoms with Crippen molar-refractivity contribution in [3.63, 3.8) is 0 Å². The monoisotopic (exact) mass is 389 g/mol. The lowest BCUT2D eigenvalue weighted by Crippen LogP contribution is -2.24. The van der Waals surface area contributed by atoms with Crippen molar-refractivity contribution in [1.82, 2.24) is 9.55 Å². The van der Waals surface area contributed by atoms with Crippen LogP contribution in [-0.2, 0) is 11.3 Å². The summed E-state index contributed by atoms with van der Waals surface area (Å²) in [7, 11) is 0. The fourth-order valence-electron chi connectivity index (χ4n) is 4.57. The molecular formula is C25H31N3O. The van der Waals surface area contributed by atoms with Gasteiger partial charge in [0.2, 0.25) is 5.91 Å². The molecular weight excluding hydrogens is 358 g/mol. The second-order valence-corrected chi connectivity index (χ2v) is 8.42. The van der Waals surface area contributed by atoms with E-state index in [0.717, 1.165) is 30.0 Å². The number of anilines is 1. The lowest BCUT2D eigenvalue weighted by Gasteiger charge is -2.18. The molecule has 4 nitrogen and oxygen atoms in total. The summed E-state index contributed by atoms with van der Waals surface area (Å²) in [6.07, 6.45) is 5.43. The van der Waals surface area contributed by atoms with E-state index in [1.165, 1.54) is 35.9 Å². The molecule has 0 bridgehead atoms. The smallest absolute Gasteiger partial charge is 0.227 e. The number of carbonyl (C=O) groups is 1. The molecule has 4 heteroatoms. The highest BCUT2D eigenvalue weighted by molar-refractivity contribution is 5.96. The van der Waals surface area contributed by atoms with Crippen LogP contribution in [0.5, 0.6) is 0 Å². The molecule has 2 aromatic carbocycles. The summed E-state index contributed by atoms with van der Waals surface area (Å²) in [4.78, 5) is 19.8. The number of carbonyl (C=O) groups excluding carboxylic acids is 1. The SMILES string of the molecule is CCCCCCn1c([C@@H]2CC(=O)N(c3cc(C)cc(C)c3)C2)nc2ccccc21. The predicted molar refractivity (Wildman–Crippen MR) is 120 cm³/mol. The van der Waals surface area contributed by atoms with E-state index >= 15 is 0 Å². The molecule has 0 aliphatic carbocycles. The van der Waals surface area contributed by atoms with Crippen molar-refractivity contribution in [2.75, 3.05) is 11.4 Å². The fourth-order valence-corrected chi connectivity index (χ4v) is 4.57. The molecule has 4 rings (SSSR count). The number of amides is 1. The van der Waals surface area contributed by atoms with Gasteiger partial charge in [0.05, 0.1) is 11.0 Å². The molecule has 1 aromatic heterocycles. The topological polar surface area (TPSA) is 38.1 Å². The molecule has 1 saturated heterocycles. The van der Waals surface area contributed by atoms with Crippen LogP contribution in [0.3, 0.4) is 0 Å². The normalized spacial score (nSPS) is 16.9. The molecule has 0 unspecified atom stereocenters. The molecule has 152 valence electrons. The fraction of sp³-hybridized carbons (Fsp3) is 0.440. The van der Waals surface area contributed by atoms with Crippen LogP contribution in [0.15, 0.2) is 42.5 Å². The van der Waals surface area contributed by atoms with Crippen LogP contribution in [0.25, 0.3) is 11.0 Å². The molecule has 1 fully saturated rings. The third-order valence-corrected chi connectivity index (χ3v) is 5.93. The van der Waals surface area contributed by atoms with Crippen molar-refractivity contribution in [3.05, 3.63) is 59.4 Å². The maximum atomic E-state index is 12.9. The van der Waals surface area contributed by atoms with Gasteiger partial charge in [-0.15, -0.1) is 0 Å². The number of hydrogen-bond donors (Lipinski definition) is 0. The average Bonchev–Trinajstić information content (AvgIpc) is 3.25. The van der Waals surface area contributed by atoms with Gasteiger partial charge in [0.15, 0.2) is 0 Å². The van der Waals surface area contributed by atoms with E-state index in [1.807, 2.05) is 11.0 Å². The standard InChI is InChI=1S/C25H31N3O/c1-4-5-6-9-12-27-23-11-8-7-10-22(23)26-25(27)20-16-24(29)28(17-20)21-14-18(2)13-19(3)15-21/h7-8,10-11,13-15,20H,4-6,9,12,16-17H2,1-3H3/t20-/m1/s1.